The molecular weight excluding hydrogens is 292 g/mol. The molecule has 1 heterocycles. The summed E-state index contributed by atoms with van der Waals surface area (Å²) in [4.78, 5) is 27.1. The lowest BCUT2D eigenvalue weighted by molar-refractivity contribution is -0.133. The summed E-state index contributed by atoms with van der Waals surface area (Å²) in [6.45, 7) is 7.33. The number of hydrogen-bond acceptors (Lipinski definition) is 3. The van der Waals surface area contributed by atoms with Crippen LogP contribution in [0.25, 0.3) is 0 Å². The minimum absolute atomic E-state index is 0.0198. The Hall–Kier alpha value is -2.04. The number of hydrogen-bond donors (Lipinski definition) is 1. The molecule has 1 saturated heterocycles. The Morgan fingerprint density at radius 2 is 1.87 bits per heavy atom. The third-order valence-electron chi connectivity index (χ3n) is 4.39. The zero-order chi connectivity index (χ0) is 17.0. The van der Waals surface area contributed by atoms with Gasteiger partial charge in [0.15, 0.2) is 0 Å². The third-order valence-corrected chi connectivity index (χ3v) is 4.39. The maximum absolute atomic E-state index is 12.6. The van der Waals surface area contributed by atoms with Crippen LogP contribution in [0.2, 0.25) is 0 Å². The lowest BCUT2D eigenvalue weighted by Gasteiger charge is -2.27. The number of benzene rings is 1. The number of rotatable bonds is 5. The van der Waals surface area contributed by atoms with Crippen molar-refractivity contribution >= 4 is 11.8 Å². The number of amides is 2. The molecule has 0 unspecified atom stereocenters. The van der Waals surface area contributed by atoms with Crippen LogP contribution in [-0.2, 0) is 4.79 Å². The summed E-state index contributed by atoms with van der Waals surface area (Å²) < 4.78 is 5.26. The van der Waals surface area contributed by atoms with E-state index in [9.17, 15) is 9.59 Å². The summed E-state index contributed by atoms with van der Waals surface area (Å²) in [6.07, 6.45) is 2.08. The Morgan fingerprint density at radius 3 is 2.43 bits per heavy atom. The fourth-order valence-electron chi connectivity index (χ4n) is 2.95. The summed E-state index contributed by atoms with van der Waals surface area (Å²) in [7, 11) is 1.58. The highest BCUT2D eigenvalue weighted by Crippen LogP contribution is 2.21. The molecule has 0 bridgehead atoms. The van der Waals surface area contributed by atoms with Gasteiger partial charge in [-0.05, 0) is 37.8 Å². The van der Waals surface area contributed by atoms with E-state index in [2.05, 4.69) is 5.32 Å². The molecule has 5 heteroatoms. The monoisotopic (exact) mass is 318 g/mol. The van der Waals surface area contributed by atoms with Crippen molar-refractivity contribution in [3.63, 3.8) is 0 Å². The highest BCUT2D eigenvalue weighted by atomic mass is 16.5. The maximum atomic E-state index is 12.6. The Morgan fingerprint density at radius 1 is 1.22 bits per heavy atom. The average molecular weight is 318 g/mol. The molecule has 1 aliphatic rings. The normalized spacial score (nSPS) is 15.6. The van der Waals surface area contributed by atoms with Gasteiger partial charge < -0.3 is 15.0 Å². The third kappa shape index (κ3) is 3.84. The molecular formula is C18H26N2O3. The predicted octanol–water partition coefficient (Wildman–Crippen LogP) is 2.38. The summed E-state index contributed by atoms with van der Waals surface area (Å²) in [5.74, 6) is 0.502. The smallest absolute Gasteiger partial charge is 0.252 e. The van der Waals surface area contributed by atoms with Gasteiger partial charge in [0.2, 0.25) is 5.91 Å². The van der Waals surface area contributed by atoms with Gasteiger partial charge in [0.1, 0.15) is 11.8 Å². The van der Waals surface area contributed by atoms with Crippen LogP contribution in [0, 0.1) is 12.8 Å². The van der Waals surface area contributed by atoms with E-state index < -0.39 is 6.04 Å². The molecule has 1 aromatic rings. The molecule has 0 spiro atoms. The molecule has 0 aromatic heterocycles. The van der Waals surface area contributed by atoms with Crippen LogP contribution in [0.15, 0.2) is 18.2 Å². The van der Waals surface area contributed by atoms with Crippen molar-refractivity contribution in [3.8, 4) is 5.75 Å². The summed E-state index contributed by atoms with van der Waals surface area (Å²) in [6, 6.07) is 4.87. The molecule has 0 saturated carbocycles. The van der Waals surface area contributed by atoms with Gasteiger partial charge in [-0.2, -0.15) is 0 Å². The van der Waals surface area contributed by atoms with Gasteiger partial charge in [-0.25, -0.2) is 0 Å². The van der Waals surface area contributed by atoms with E-state index in [1.54, 1.807) is 19.2 Å². The van der Waals surface area contributed by atoms with Crippen LogP contribution in [0.4, 0.5) is 0 Å². The van der Waals surface area contributed by atoms with E-state index in [4.69, 9.17) is 4.74 Å². The lowest BCUT2D eigenvalue weighted by Crippen LogP contribution is -2.50. The first kappa shape index (κ1) is 17.3. The van der Waals surface area contributed by atoms with Gasteiger partial charge in [-0.1, -0.05) is 19.9 Å². The molecule has 2 amide bonds. The minimum atomic E-state index is -0.494. The van der Waals surface area contributed by atoms with Crippen LogP contribution in [0.5, 0.6) is 5.75 Å². The molecule has 126 valence electrons. The first-order chi connectivity index (χ1) is 11.0. The minimum Gasteiger partial charge on any atom is -0.496 e. The van der Waals surface area contributed by atoms with Gasteiger partial charge in [-0.3, -0.25) is 9.59 Å². The zero-order valence-corrected chi connectivity index (χ0v) is 14.4. The van der Waals surface area contributed by atoms with Crippen LogP contribution in [0.1, 0.15) is 42.6 Å². The average Bonchev–Trinajstić information content (AvgIpc) is 3.06. The number of nitrogens with zero attached hydrogens (tertiary/aromatic N) is 1. The SMILES string of the molecule is COc1cccc(C(=O)N[C@H](C(=O)N2CCCC2)C(C)C)c1C. The van der Waals surface area contributed by atoms with Crippen molar-refractivity contribution in [1.82, 2.24) is 10.2 Å². The Balaban J connectivity index is 2.16. The molecule has 23 heavy (non-hydrogen) atoms. The molecule has 1 fully saturated rings. The molecule has 1 atom stereocenters. The van der Waals surface area contributed by atoms with E-state index >= 15 is 0 Å². The summed E-state index contributed by atoms with van der Waals surface area (Å²) in [5.41, 5.74) is 1.33. The second kappa shape index (κ2) is 7.49. The van der Waals surface area contributed by atoms with Crippen LogP contribution < -0.4 is 10.1 Å². The van der Waals surface area contributed by atoms with Crippen molar-refractivity contribution in [2.75, 3.05) is 20.2 Å². The summed E-state index contributed by atoms with van der Waals surface area (Å²) in [5, 5.41) is 2.92. The van der Waals surface area contributed by atoms with Crippen molar-refractivity contribution in [1.29, 1.82) is 0 Å². The topological polar surface area (TPSA) is 58.6 Å². The van der Waals surface area contributed by atoms with Crippen LogP contribution in [0.3, 0.4) is 0 Å². The van der Waals surface area contributed by atoms with E-state index in [-0.39, 0.29) is 17.7 Å². The molecule has 0 radical (unpaired) electrons. The van der Waals surface area contributed by atoms with Crippen LogP contribution >= 0.6 is 0 Å². The highest BCUT2D eigenvalue weighted by Gasteiger charge is 2.30. The standard InChI is InChI=1S/C18H26N2O3/c1-12(2)16(18(22)20-10-5-6-11-20)19-17(21)14-8-7-9-15(23-4)13(14)3/h7-9,12,16H,5-6,10-11H2,1-4H3,(H,19,21)/t16-/m0/s1. The predicted molar refractivity (Wildman–Crippen MR) is 89.6 cm³/mol. The van der Waals surface area contributed by atoms with E-state index in [0.29, 0.717) is 11.3 Å². The number of ether oxygens (including phenoxy) is 1. The zero-order valence-electron chi connectivity index (χ0n) is 14.4. The summed E-state index contributed by atoms with van der Waals surface area (Å²) >= 11 is 0. The van der Waals surface area contributed by atoms with Gasteiger partial charge >= 0.3 is 0 Å². The number of nitrogens with one attached hydrogen (secondary N) is 1. The van der Waals surface area contributed by atoms with E-state index in [1.165, 1.54) is 0 Å². The number of carbonyl (C=O) groups is 2. The fraction of sp³-hybridized carbons (Fsp3) is 0.556. The first-order valence-corrected chi connectivity index (χ1v) is 8.19. The maximum Gasteiger partial charge on any atom is 0.252 e. The van der Waals surface area contributed by atoms with Crippen molar-refractivity contribution in [2.45, 2.75) is 39.7 Å². The van der Waals surface area contributed by atoms with E-state index in [0.717, 1.165) is 31.5 Å². The van der Waals surface area contributed by atoms with Crippen molar-refractivity contribution in [2.24, 2.45) is 5.92 Å². The molecule has 2 rings (SSSR count). The second-order valence-corrected chi connectivity index (χ2v) is 6.36. The van der Waals surface area contributed by atoms with Crippen LogP contribution in [-0.4, -0.2) is 43.0 Å². The number of methoxy groups -OCH3 is 1. The lowest BCUT2D eigenvalue weighted by atomic mass is 10.0. The van der Waals surface area contributed by atoms with Crippen molar-refractivity contribution in [3.05, 3.63) is 29.3 Å². The van der Waals surface area contributed by atoms with Gasteiger partial charge in [0.05, 0.1) is 7.11 Å². The highest BCUT2D eigenvalue weighted by molar-refractivity contribution is 5.99. The Kier molecular flexibility index (Phi) is 5.64. The second-order valence-electron chi connectivity index (χ2n) is 6.36. The molecule has 1 aliphatic heterocycles. The van der Waals surface area contributed by atoms with Crippen molar-refractivity contribution < 1.29 is 14.3 Å². The number of carbonyl (C=O) groups excluding carboxylic acids is 2. The number of likely N-dealkylation sites (tertiary alicyclic amines) is 1. The molecule has 0 aliphatic carbocycles. The quantitative estimate of drug-likeness (QED) is 0.907. The van der Waals surface area contributed by atoms with Gasteiger partial charge in [-0.15, -0.1) is 0 Å². The largest absolute Gasteiger partial charge is 0.496 e. The molecule has 1 N–H and O–H groups in total. The first-order valence-electron chi connectivity index (χ1n) is 8.19. The fourth-order valence-corrected chi connectivity index (χ4v) is 2.95. The Bertz CT molecular complexity index is 578. The molecule has 5 nitrogen and oxygen atoms in total. The van der Waals surface area contributed by atoms with Gasteiger partial charge in [0.25, 0.3) is 5.91 Å². The van der Waals surface area contributed by atoms with Gasteiger partial charge in [0, 0.05) is 24.2 Å². The van der Waals surface area contributed by atoms with E-state index in [1.807, 2.05) is 31.7 Å². The Labute approximate surface area is 138 Å². The molecule has 1 aromatic carbocycles.